The van der Waals surface area contributed by atoms with Crippen LogP contribution >= 0.6 is 23.2 Å². The van der Waals surface area contributed by atoms with Crippen LogP contribution in [0.2, 0.25) is 10.0 Å². The minimum atomic E-state index is 0.148. The number of rotatable bonds is 1. The van der Waals surface area contributed by atoms with Crippen LogP contribution < -0.4 is 5.73 Å². The van der Waals surface area contributed by atoms with Gasteiger partial charge in [0.05, 0.1) is 15.7 Å². The van der Waals surface area contributed by atoms with Crippen LogP contribution in [0.1, 0.15) is 26.3 Å². The van der Waals surface area contributed by atoms with Crippen molar-refractivity contribution in [2.24, 2.45) is 0 Å². The molecule has 0 aliphatic heterocycles. The van der Waals surface area contributed by atoms with Gasteiger partial charge in [0.2, 0.25) is 0 Å². The highest BCUT2D eigenvalue weighted by molar-refractivity contribution is 6.39. The van der Waals surface area contributed by atoms with Crippen LogP contribution in [0.25, 0.3) is 11.1 Å². The van der Waals surface area contributed by atoms with Crippen molar-refractivity contribution in [1.29, 1.82) is 0 Å². The Balaban J connectivity index is 2.43. The molecule has 0 aromatic heterocycles. The summed E-state index contributed by atoms with van der Waals surface area (Å²) in [6.07, 6.45) is 0. The largest absolute Gasteiger partial charge is 0.396 e. The first-order valence-electron chi connectivity index (χ1n) is 6.14. The Labute approximate surface area is 124 Å². The van der Waals surface area contributed by atoms with Gasteiger partial charge in [-0.05, 0) is 34.2 Å². The molecule has 0 aliphatic rings. The molecule has 0 atom stereocenters. The summed E-state index contributed by atoms with van der Waals surface area (Å²) in [7, 11) is 0. The van der Waals surface area contributed by atoms with Crippen molar-refractivity contribution >= 4 is 28.9 Å². The zero-order valence-electron chi connectivity index (χ0n) is 11.3. The second-order valence-corrected chi connectivity index (χ2v) is 6.50. The molecule has 0 radical (unpaired) electrons. The van der Waals surface area contributed by atoms with E-state index in [-0.39, 0.29) is 5.41 Å². The fourth-order valence-electron chi connectivity index (χ4n) is 1.91. The summed E-state index contributed by atoms with van der Waals surface area (Å²) in [6, 6.07) is 12.1. The first kappa shape index (κ1) is 14.2. The molecule has 2 aromatic carbocycles. The predicted molar refractivity (Wildman–Crippen MR) is 85.0 cm³/mol. The third kappa shape index (κ3) is 3.05. The predicted octanol–water partition coefficient (Wildman–Crippen LogP) is 5.54. The van der Waals surface area contributed by atoms with E-state index < -0.39 is 0 Å². The molecule has 100 valence electrons. The van der Waals surface area contributed by atoms with Crippen LogP contribution in [-0.4, -0.2) is 0 Å². The highest BCUT2D eigenvalue weighted by atomic mass is 35.5. The fraction of sp³-hybridized carbons (Fsp3) is 0.250. The van der Waals surface area contributed by atoms with Gasteiger partial charge in [-0.15, -0.1) is 0 Å². The Kier molecular flexibility index (Phi) is 3.80. The summed E-state index contributed by atoms with van der Waals surface area (Å²) in [4.78, 5) is 0. The van der Waals surface area contributed by atoms with E-state index in [1.54, 1.807) is 0 Å². The van der Waals surface area contributed by atoms with Crippen molar-refractivity contribution < 1.29 is 0 Å². The number of anilines is 1. The number of halogens is 2. The fourth-order valence-corrected chi connectivity index (χ4v) is 2.40. The van der Waals surface area contributed by atoms with Gasteiger partial charge >= 0.3 is 0 Å². The SMILES string of the molecule is CC(C)(C)c1ccc(-c2cc(Cl)c(N)c(Cl)c2)cc1. The third-order valence-electron chi connectivity index (χ3n) is 3.16. The van der Waals surface area contributed by atoms with Crippen LogP contribution in [0.3, 0.4) is 0 Å². The van der Waals surface area contributed by atoms with Crippen molar-refractivity contribution in [2.45, 2.75) is 26.2 Å². The van der Waals surface area contributed by atoms with E-state index in [0.29, 0.717) is 15.7 Å². The van der Waals surface area contributed by atoms with Gasteiger partial charge in [0.15, 0.2) is 0 Å². The lowest BCUT2D eigenvalue weighted by Crippen LogP contribution is -2.10. The molecule has 2 rings (SSSR count). The Morgan fingerprint density at radius 1 is 0.842 bits per heavy atom. The lowest BCUT2D eigenvalue weighted by atomic mass is 9.86. The minimum Gasteiger partial charge on any atom is -0.396 e. The highest BCUT2D eigenvalue weighted by Crippen LogP contribution is 2.34. The summed E-state index contributed by atoms with van der Waals surface area (Å²) < 4.78 is 0. The zero-order chi connectivity index (χ0) is 14.2. The maximum absolute atomic E-state index is 6.06. The molecule has 1 nitrogen and oxygen atoms in total. The van der Waals surface area contributed by atoms with Gasteiger partial charge in [-0.2, -0.15) is 0 Å². The van der Waals surface area contributed by atoms with Gasteiger partial charge in [-0.3, -0.25) is 0 Å². The van der Waals surface area contributed by atoms with E-state index >= 15 is 0 Å². The number of nitrogens with two attached hydrogens (primary N) is 1. The standard InChI is InChI=1S/C16H17Cl2N/c1-16(2,3)12-6-4-10(5-7-12)11-8-13(17)15(19)14(18)9-11/h4-9H,19H2,1-3H3. The molecular weight excluding hydrogens is 277 g/mol. The second-order valence-electron chi connectivity index (χ2n) is 5.68. The van der Waals surface area contributed by atoms with Gasteiger partial charge in [0.1, 0.15) is 0 Å². The van der Waals surface area contributed by atoms with Gasteiger partial charge in [0, 0.05) is 0 Å². The monoisotopic (exact) mass is 293 g/mol. The first-order chi connectivity index (χ1) is 8.79. The molecule has 0 fully saturated rings. The Morgan fingerprint density at radius 3 is 1.74 bits per heavy atom. The van der Waals surface area contributed by atoms with Crippen molar-refractivity contribution in [2.75, 3.05) is 5.73 Å². The normalized spacial score (nSPS) is 11.6. The molecule has 19 heavy (non-hydrogen) atoms. The second kappa shape index (κ2) is 5.07. The van der Waals surface area contributed by atoms with Gasteiger partial charge in [-0.1, -0.05) is 68.2 Å². The van der Waals surface area contributed by atoms with Crippen LogP contribution in [0, 0.1) is 0 Å². The van der Waals surface area contributed by atoms with Gasteiger partial charge in [-0.25, -0.2) is 0 Å². The maximum Gasteiger partial charge on any atom is 0.0693 e. The minimum absolute atomic E-state index is 0.148. The highest BCUT2D eigenvalue weighted by Gasteiger charge is 2.13. The average Bonchev–Trinajstić information content (AvgIpc) is 2.34. The Bertz CT molecular complexity index is 572. The van der Waals surface area contributed by atoms with Crippen LogP contribution in [0.4, 0.5) is 5.69 Å². The summed E-state index contributed by atoms with van der Waals surface area (Å²) in [5.41, 5.74) is 9.68. The molecule has 3 heteroatoms. The lowest BCUT2D eigenvalue weighted by Gasteiger charge is -2.19. The van der Waals surface area contributed by atoms with E-state index in [2.05, 4.69) is 45.0 Å². The zero-order valence-corrected chi connectivity index (χ0v) is 12.8. The van der Waals surface area contributed by atoms with E-state index in [1.165, 1.54) is 5.56 Å². The number of hydrogen-bond acceptors (Lipinski definition) is 1. The molecule has 2 aromatic rings. The Hall–Kier alpha value is -1.18. The molecule has 0 aliphatic carbocycles. The molecular formula is C16H17Cl2N. The molecule has 0 saturated heterocycles. The summed E-state index contributed by atoms with van der Waals surface area (Å²) in [5.74, 6) is 0. The number of nitrogen functional groups attached to an aromatic ring is 1. The van der Waals surface area contributed by atoms with Gasteiger partial charge < -0.3 is 5.73 Å². The molecule has 2 N–H and O–H groups in total. The van der Waals surface area contributed by atoms with Crippen molar-refractivity contribution in [3.05, 3.63) is 52.0 Å². The topological polar surface area (TPSA) is 26.0 Å². The molecule has 0 heterocycles. The van der Waals surface area contributed by atoms with E-state index in [4.69, 9.17) is 28.9 Å². The van der Waals surface area contributed by atoms with E-state index in [9.17, 15) is 0 Å². The summed E-state index contributed by atoms with van der Waals surface area (Å²) in [6.45, 7) is 6.58. The Morgan fingerprint density at radius 2 is 1.32 bits per heavy atom. The number of benzene rings is 2. The molecule has 0 saturated carbocycles. The number of hydrogen-bond donors (Lipinski definition) is 1. The quantitative estimate of drug-likeness (QED) is 0.686. The lowest BCUT2D eigenvalue weighted by molar-refractivity contribution is 0.590. The molecule has 0 amide bonds. The smallest absolute Gasteiger partial charge is 0.0693 e. The maximum atomic E-state index is 6.06. The first-order valence-corrected chi connectivity index (χ1v) is 6.90. The van der Waals surface area contributed by atoms with Crippen molar-refractivity contribution in [3.8, 4) is 11.1 Å². The van der Waals surface area contributed by atoms with Gasteiger partial charge in [0.25, 0.3) is 0 Å². The van der Waals surface area contributed by atoms with Crippen molar-refractivity contribution in [1.82, 2.24) is 0 Å². The van der Waals surface area contributed by atoms with Crippen molar-refractivity contribution in [3.63, 3.8) is 0 Å². The van der Waals surface area contributed by atoms with Crippen LogP contribution in [-0.2, 0) is 5.41 Å². The summed E-state index contributed by atoms with van der Waals surface area (Å²) in [5, 5.41) is 0.977. The summed E-state index contributed by atoms with van der Waals surface area (Å²) >= 11 is 12.1. The van der Waals surface area contributed by atoms with E-state index in [0.717, 1.165) is 11.1 Å². The average molecular weight is 294 g/mol. The van der Waals surface area contributed by atoms with Crippen LogP contribution in [0.15, 0.2) is 36.4 Å². The molecule has 0 bridgehead atoms. The van der Waals surface area contributed by atoms with E-state index in [1.807, 2.05) is 12.1 Å². The molecule has 0 spiro atoms. The molecule has 0 unspecified atom stereocenters. The third-order valence-corrected chi connectivity index (χ3v) is 3.79. The van der Waals surface area contributed by atoms with Crippen LogP contribution in [0.5, 0.6) is 0 Å².